The zero-order chi connectivity index (χ0) is 14.5. The van der Waals surface area contributed by atoms with Crippen molar-refractivity contribution < 1.29 is 9.18 Å². The maximum atomic E-state index is 13.6. The molecule has 0 heterocycles. The quantitative estimate of drug-likeness (QED) is 0.894. The molecule has 0 radical (unpaired) electrons. The Labute approximate surface area is 115 Å². The standard InChI is InChI=1S/C15H12FN3O/c16-12-3-1-2-4-13(12)19-14(15(18)20)11-7-5-10(9-17)6-8-11/h1-8,14,19H,(H2,18,20). The second kappa shape index (κ2) is 5.85. The van der Waals surface area contributed by atoms with Gasteiger partial charge in [0.2, 0.25) is 5.91 Å². The largest absolute Gasteiger partial charge is 0.368 e. The first kappa shape index (κ1) is 13.6. The van der Waals surface area contributed by atoms with E-state index in [2.05, 4.69) is 5.32 Å². The number of carbonyl (C=O) groups is 1. The summed E-state index contributed by atoms with van der Waals surface area (Å²) in [6.07, 6.45) is 0. The fourth-order valence-electron chi connectivity index (χ4n) is 1.80. The summed E-state index contributed by atoms with van der Waals surface area (Å²) >= 11 is 0. The highest BCUT2D eigenvalue weighted by atomic mass is 19.1. The van der Waals surface area contributed by atoms with Gasteiger partial charge >= 0.3 is 0 Å². The van der Waals surface area contributed by atoms with Gasteiger partial charge in [0.15, 0.2) is 0 Å². The number of rotatable bonds is 4. The minimum absolute atomic E-state index is 0.195. The number of para-hydroxylation sites is 1. The SMILES string of the molecule is N#Cc1ccc(C(Nc2ccccc2F)C(N)=O)cc1. The molecule has 0 aliphatic rings. The van der Waals surface area contributed by atoms with Crippen LogP contribution in [0.15, 0.2) is 48.5 Å². The second-order valence-corrected chi connectivity index (χ2v) is 4.19. The summed E-state index contributed by atoms with van der Waals surface area (Å²) in [5.41, 5.74) is 6.59. The number of nitrogens with zero attached hydrogens (tertiary/aromatic N) is 1. The smallest absolute Gasteiger partial charge is 0.244 e. The molecule has 0 spiro atoms. The Morgan fingerprint density at radius 3 is 2.40 bits per heavy atom. The summed E-state index contributed by atoms with van der Waals surface area (Å²) in [7, 11) is 0. The number of anilines is 1. The van der Waals surface area contributed by atoms with Gasteiger partial charge in [0.05, 0.1) is 17.3 Å². The van der Waals surface area contributed by atoms with Crippen molar-refractivity contribution in [1.29, 1.82) is 5.26 Å². The van der Waals surface area contributed by atoms with Crippen LogP contribution < -0.4 is 11.1 Å². The Hall–Kier alpha value is -2.87. The summed E-state index contributed by atoms with van der Waals surface area (Å²) in [5, 5.41) is 11.5. The lowest BCUT2D eigenvalue weighted by Gasteiger charge is -2.17. The maximum Gasteiger partial charge on any atom is 0.244 e. The number of amides is 1. The number of benzene rings is 2. The minimum Gasteiger partial charge on any atom is -0.368 e. The first-order chi connectivity index (χ1) is 9.61. The number of nitriles is 1. The van der Waals surface area contributed by atoms with E-state index < -0.39 is 17.8 Å². The molecule has 100 valence electrons. The van der Waals surface area contributed by atoms with Crippen molar-refractivity contribution in [1.82, 2.24) is 0 Å². The Morgan fingerprint density at radius 1 is 1.20 bits per heavy atom. The summed E-state index contributed by atoms with van der Waals surface area (Å²) in [4.78, 5) is 11.5. The van der Waals surface area contributed by atoms with E-state index in [-0.39, 0.29) is 5.69 Å². The highest BCUT2D eigenvalue weighted by Gasteiger charge is 2.18. The molecule has 1 amide bonds. The van der Waals surface area contributed by atoms with E-state index >= 15 is 0 Å². The first-order valence-corrected chi connectivity index (χ1v) is 5.92. The van der Waals surface area contributed by atoms with E-state index in [0.717, 1.165) is 0 Å². The molecule has 5 heteroatoms. The average Bonchev–Trinajstić information content (AvgIpc) is 2.46. The van der Waals surface area contributed by atoms with Crippen LogP contribution in [-0.2, 0) is 4.79 Å². The first-order valence-electron chi connectivity index (χ1n) is 5.92. The summed E-state index contributed by atoms with van der Waals surface area (Å²) < 4.78 is 13.6. The van der Waals surface area contributed by atoms with Crippen LogP contribution in [0.5, 0.6) is 0 Å². The molecule has 20 heavy (non-hydrogen) atoms. The van der Waals surface area contributed by atoms with Crippen LogP contribution in [0.3, 0.4) is 0 Å². The Kier molecular flexibility index (Phi) is 3.96. The molecule has 1 atom stereocenters. The van der Waals surface area contributed by atoms with E-state index in [1.165, 1.54) is 12.1 Å². The molecule has 0 aromatic heterocycles. The number of nitrogens with one attached hydrogen (secondary N) is 1. The van der Waals surface area contributed by atoms with Crippen molar-refractivity contribution in [2.75, 3.05) is 5.32 Å². The van der Waals surface area contributed by atoms with Crippen LogP contribution >= 0.6 is 0 Å². The van der Waals surface area contributed by atoms with Crippen LogP contribution in [0.25, 0.3) is 0 Å². The summed E-state index contributed by atoms with van der Waals surface area (Å²) in [5.74, 6) is -1.09. The molecular formula is C15H12FN3O. The highest BCUT2D eigenvalue weighted by Crippen LogP contribution is 2.22. The normalized spacial score (nSPS) is 11.4. The minimum atomic E-state index is -0.861. The van der Waals surface area contributed by atoms with Gasteiger partial charge in [0.25, 0.3) is 0 Å². The van der Waals surface area contributed by atoms with Crippen LogP contribution in [0, 0.1) is 17.1 Å². The predicted octanol–water partition coefficient (Wildman–Crippen LogP) is 2.34. The molecule has 3 N–H and O–H groups in total. The molecule has 0 aliphatic carbocycles. The third-order valence-electron chi connectivity index (χ3n) is 2.83. The lowest BCUT2D eigenvalue weighted by atomic mass is 10.0. The van der Waals surface area contributed by atoms with Crippen molar-refractivity contribution in [3.05, 3.63) is 65.5 Å². The molecule has 0 aliphatic heterocycles. The van der Waals surface area contributed by atoms with Crippen LogP contribution in [0.4, 0.5) is 10.1 Å². The van der Waals surface area contributed by atoms with E-state index in [0.29, 0.717) is 11.1 Å². The van der Waals surface area contributed by atoms with Crippen molar-refractivity contribution in [3.8, 4) is 6.07 Å². The molecule has 2 aromatic rings. The molecule has 2 aromatic carbocycles. The predicted molar refractivity (Wildman–Crippen MR) is 73.1 cm³/mol. The molecular weight excluding hydrogens is 257 g/mol. The lowest BCUT2D eigenvalue weighted by Crippen LogP contribution is -2.28. The molecule has 0 fully saturated rings. The van der Waals surface area contributed by atoms with Gasteiger partial charge in [-0.2, -0.15) is 5.26 Å². The summed E-state index contributed by atoms with van der Waals surface area (Å²) in [6, 6.07) is 13.5. The second-order valence-electron chi connectivity index (χ2n) is 4.19. The van der Waals surface area contributed by atoms with E-state index in [1.54, 1.807) is 36.4 Å². The molecule has 2 rings (SSSR count). The lowest BCUT2D eigenvalue weighted by molar-refractivity contribution is -0.118. The average molecular weight is 269 g/mol. The van der Waals surface area contributed by atoms with Gasteiger partial charge in [-0.1, -0.05) is 24.3 Å². The van der Waals surface area contributed by atoms with Gasteiger partial charge in [-0.25, -0.2) is 4.39 Å². The van der Waals surface area contributed by atoms with Crippen molar-refractivity contribution in [2.45, 2.75) is 6.04 Å². The van der Waals surface area contributed by atoms with E-state index in [4.69, 9.17) is 11.0 Å². The fraction of sp³-hybridized carbons (Fsp3) is 0.0667. The van der Waals surface area contributed by atoms with E-state index in [9.17, 15) is 9.18 Å². The Bertz CT molecular complexity index is 662. The summed E-state index contributed by atoms with van der Waals surface area (Å²) in [6.45, 7) is 0. The number of hydrogen-bond donors (Lipinski definition) is 2. The number of nitrogens with two attached hydrogens (primary N) is 1. The van der Waals surface area contributed by atoms with Crippen molar-refractivity contribution in [3.63, 3.8) is 0 Å². The third-order valence-corrected chi connectivity index (χ3v) is 2.83. The highest BCUT2D eigenvalue weighted by molar-refractivity contribution is 5.84. The van der Waals surface area contributed by atoms with E-state index in [1.807, 2.05) is 6.07 Å². The molecule has 0 bridgehead atoms. The van der Waals surface area contributed by atoms with Crippen LogP contribution in [-0.4, -0.2) is 5.91 Å². The van der Waals surface area contributed by atoms with Crippen LogP contribution in [0.2, 0.25) is 0 Å². The van der Waals surface area contributed by atoms with Gasteiger partial charge in [0, 0.05) is 0 Å². The molecule has 0 saturated heterocycles. The zero-order valence-corrected chi connectivity index (χ0v) is 10.5. The van der Waals surface area contributed by atoms with Gasteiger partial charge in [-0.05, 0) is 29.8 Å². The monoisotopic (exact) mass is 269 g/mol. The van der Waals surface area contributed by atoms with Gasteiger partial charge < -0.3 is 11.1 Å². The third kappa shape index (κ3) is 2.93. The fourth-order valence-corrected chi connectivity index (χ4v) is 1.80. The number of hydrogen-bond acceptors (Lipinski definition) is 3. The number of carbonyl (C=O) groups excluding carboxylic acids is 1. The van der Waals surface area contributed by atoms with Crippen molar-refractivity contribution >= 4 is 11.6 Å². The molecule has 1 unspecified atom stereocenters. The Morgan fingerprint density at radius 2 is 1.85 bits per heavy atom. The Balaban J connectivity index is 2.30. The molecule has 0 saturated carbocycles. The molecule has 4 nitrogen and oxygen atoms in total. The topological polar surface area (TPSA) is 78.9 Å². The maximum absolute atomic E-state index is 13.6. The number of halogens is 1. The van der Waals surface area contributed by atoms with Crippen LogP contribution in [0.1, 0.15) is 17.2 Å². The van der Waals surface area contributed by atoms with Gasteiger partial charge in [-0.3, -0.25) is 4.79 Å². The number of primary amides is 1. The zero-order valence-electron chi connectivity index (χ0n) is 10.5. The van der Waals surface area contributed by atoms with Gasteiger partial charge in [0.1, 0.15) is 11.9 Å². The van der Waals surface area contributed by atoms with Crippen molar-refractivity contribution in [2.24, 2.45) is 5.73 Å². The van der Waals surface area contributed by atoms with Gasteiger partial charge in [-0.15, -0.1) is 0 Å².